The summed E-state index contributed by atoms with van der Waals surface area (Å²) in [5.74, 6) is -0.981. The highest BCUT2D eigenvalue weighted by Crippen LogP contribution is 2.14. The number of unbranched alkanes of at least 4 members (excludes halogenated alkanes) is 15. The number of carbonyl (C=O) groups is 3. The summed E-state index contributed by atoms with van der Waals surface area (Å²) in [6.45, 7) is 6.24. The average Bonchev–Trinajstić information content (AvgIpc) is 3.41. The fourth-order valence-electron chi connectivity index (χ4n) is 7.63. The van der Waals surface area contributed by atoms with Gasteiger partial charge in [0.1, 0.15) is 13.2 Å². The van der Waals surface area contributed by atoms with Crippen LogP contribution in [0.15, 0.2) is 158 Å². The smallest absolute Gasteiger partial charge is 0.306 e. The van der Waals surface area contributed by atoms with E-state index in [0.717, 1.165) is 161 Å². The van der Waals surface area contributed by atoms with E-state index in [0.29, 0.717) is 19.3 Å². The topological polar surface area (TPSA) is 78.9 Å². The zero-order valence-electron chi connectivity index (χ0n) is 48.0. The number of hydrogen-bond donors (Lipinski definition) is 0. The Bertz CT molecular complexity index is 1710. The van der Waals surface area contributed by atoms with Gasteiger partial charge in [0.2, 0.25) is 0 Å². The molecule has 0 aliphatic heterocycles. The summed E-state index contributed by atoms with van der Waals surface area (Å²) < 4.78 is 16.9. The first-order chi connectivity index (χ1) is 37.0. The molecular weight excluding hydrogens is 925 g/mol. The van der Waals surface area contributed by atoms with Crippen molar-refractivity contribution in [3.05, 3.63) is 158 Å². The number of carbonyl (C=O) groups excluding carboxylic acids is 3. The Balaban J connectivity index is 4.53. The fourth-order valence-corrected chi connectivity index (χ4v) is 7.63. The van der Waals surface area contributed by atoms with E-state index in [2.05, 4.69) is 179 Å². The number of rotatable bonds is 52. The lowest BCUT2D eigenvalue weighted by molar-refractivity contribution is -0.167. The molecule has 75 heavy (non-hydrogen) atoms. The van der Waals surface area contributed by atoms with Crippen LogP contribution in [-0.2, 0) is 28.6 Å². The molecule has 0 aliphatic carbocycles. The molecule has 0 rings (SSSR count). The molecule has 1 unspecified atom stereocenters. The monoisotopic (exact) mass is 1030 g/mol. The van der Waals surface area contributed by atoms with Gasteiger partial charge in [-0.05, 0) is 141 Å². The van der Waals surface area contributed by atoms with Gasteiger partial charge < -0.3 is 14.2 Å². The Hall–Kier alpha value is -4.97. The highest BCUT2D eigenvalue weighted by atomic mass is 16.6. The average molecular weight is 1030 g/mol. The van der Waals surface area contributed by atoms with E-state index in [-0.39, 0.29) is 37.5 Å². The SMILES string of the molecule is CC/C=C\C/C=C\C/C=C\C/C=C\C/C=C\CCCCCC(=O)OC(COC(=O)CCCCCC/C=C\C/C=C\C/C=C\C/C=C\CC)COC(=O)CCCCCCCCCC/C=C\C/C=C\C/C=C\C/C=C\CC. The molecule has 6 heteroatoms. The lowest BCUT2D eigenvalue weighted by Crippen LogP contribution is -2.30. The van der Waals surface area contributed by atoms with Gasteiger partial charge in [-0.25, -0.2) is 0 Å². The van der Waals surface area contributed by atoms with Gasteiger partial charge in [0.05, 0.1) is 0 Å². The van der Waals surface area contributed by atoms with E-state index in [1.54, 1.807) is 0 Å². The summed E-state index contributed by atoms with van der Waals surface area (Å²) in [6, 6.07) is 0. The highest BCUT2D eigenvalue weighted by molar-refractivity contribution is 5.71. The lowest BCUT2D eigenvalue weighted by atomic mass is 10.1. The molecule has 0 amide bonds. The van der Waals surface area contributed by atoms with Crippen molar-refractivity contribution in [3.63, 3.8) is 0 Å². The first-order valence-electron chi connectivity index (χ1n) is 30.0. The molecule has 0 radical (unpaired) electrons. The van der Waals surface area contributed by atoms with Crippen LogP contribution in [0, 0.1) is 0 Å². The summed E-state index contributed by atoms with van der Waals surface area (Å²) in [7, 11) is 0. The number of ether oxygens (including phenoxy) is 3. The van der Waals surface area contributed by atoms with Gasteiger partial charge in [-0.2, -0.15) is 0 Å². The predicted octanol–water partition coefficient (Wildman–Crippen LogP) is 20.5. The van der Waals surface area contributed by atoms with Gasteiger partial charge in [-0.3, -0.25) is 14.4 Å². The van der Waals surface area contributed by atoms with Gasteiger partial charge in [0.15, 0.2) is 6.10 Å². The second-order valence-corrected chi connectivity index (χ2v) is 19.1. The maximum atomic E-state index is 12.9. The maximum absolute atomic E-state index is 12.9. The quantitative estimate of drug-likeness (QED) is 0.0261. The van der Waals surface area contributed by atoms with Crippen molar-refractivity contribution in [2.24, 2.45) is 0 Å². The summed E-state index contributed by atoms with van der Waals surface area (Å²) in [5.41, 5.74) is 0. The van der Waals surface area contributed by atoms with Crippen LogP contribution in [-0.4, -0.2) is 37.2 Å². The van der Waals surface area contributed by atoms with Crippen molar-refractivity contribution in [3.8, 4) is 0 Å². The van der Waals surface area contributed by atoms with Gasteiger partial charge >= 0.3 is 17.9 Å². The third-order valence-electron chi connectivity index (χ3n) is 12.0. The second kappa shape index (κ2) is 61.6. The van der Waals surface area contributed by atoms with Crippen molar-refractivity contribution in [1.82, 2.24) is 0 Å². The van der Waals surface area contributed by atoms with Crippen molar-refractivity contribution in [2.45, 2.75) is 245 Å². The number of esters is 3. The Morgan fingerprint density at radius 2 is 0.480 bits per heavy atom. The van der Waals surface area contributed by atoms with Crippen LogP contribution in [0.1, 0.15) is 239 Å². The highest BCUT2D eigenvalue weighted by Gasteiger charge is 2.19. The normalized spacial score (nSPS) is 13.3. The van der Waals surface area contributed by atoms with Crippen LogP contribution in [0.3, 0.4) is 0 Å². The Kier molecular flexibility index (Phi) is 57.5. The van der Waals surface area contributed by atoms with Gasteiger partial charge in [0.25, 0.3) is 0 Å². The lowest BCUT2D eigenvalue weighted by Gasteiger charge is -2.18. The molecule has 0 saturated heterocycles. The van der Waals surface area contributed by atoms with Gasteiger partial charge in [0, 0.05) is 19.3 Å². The number of hydrogen-bond acceptors (Lipinski definition) is 6. The Morgan fingerprint density at radius 1 is 0.267 bits per heavy atom. The van der Waals surface area contributed by atoms with Crippen molar-refractivity contribution in [2.75, 3.05) is 13.2 Å². The third-order valence-corrected chi connectivity index (χ3v) is 12.0. The van der Waals surface area contributed by atoms with E-state index in [1.807, 2.05) is 0 Å². The van der Waals surface area contributed by atoms with E-state index in [4.69, 9.17) is 14.2 Å². The largest absolute Gasteiger partial charge is 0.462 e. The summed E-state index contributed by atoms with van der Waals surface area (Å²) >= 11 is 0. The minimum Gasteiger partial charge on any atom is -0.462 e. The van der Waals surface area contributed by atoms with Crippen molar-refractivity contribution in [1.29, 1.82) is 0 Å². The zero-order valence-corrected chi connectivity index (χ0v) is 48.0. The number of allylic oxidation sites excluding steroid dienone is 26. The van der Waals surface area contributed by atoms with E-state index in [9.17, 15) is 14.4 Å². The maximum Gasteiger partial charge on any atom is 0.306 e. The Labute approximate surface area is 460 Å². The van der Waals surface area contributed by atoms with Crippen molar-refractivity contribution >= 4 is 17.9 Å². The van der Waals surface area contributed by atoms with E-state index in [1.165, 1.54) is 32.1 Å². The van der Waals surface area contributed by atoms with E-state index < -0.39 is 6.10 Å². The molecule has 0 aliphatic rings. The molecule has 0 aromatic carbocycles. The molecule has 420 valence electrons. The summed E-state index contributed by atoms with van der Waals surface area (Å²) in [6.07, 6.45) is 89.4. The van der Waals surface area contributed by atoms with Gasteiger partial charge in [-0.1, -0.05) is 237 Å². The van der Waals surface area contributed by atoms with E-state index >= 15 is 0 Å². The van der Waals surface area contributed by atoms with Crippen LogP contribution in [0.4, 0.5) is 0 Å². The molecule has 0 fully saturated rings. The zero-order chi connectivity index (χ0) is 54.3. The Morgan fingerprint density at radius 3 is 0.760 bits per heavy atom. The first-order valence-corrected chi connectivity index (χ1v) is 30.0. The molecular formula is C69H108O6. The molecule has 1 atom stereocenters. The standard InChI is InChI=1S/C69H108O6/c1-4-7-10-13-16-19-22-25-28-31-33-34-36-38-41-44-47-50-53-56-59-62-68(71)74-65-66(64-73-67(70)61-58-55-52-49-46-43-40-37-30-27-24-21-18-15-12-9-6-3)75-69(72)63-60-57-54-51-48-45-42-39-35-32-29-26-23-20-17-14-11-8-5-2/h7-12,16-21,25-30,33-35,39-40,43,45,48,66H,4-6,13-15,22-24,31-32,36-38,41-42,44,46-47,49-65H2,1-3H3/b10-7-,11-8-,12-9-,19-16-,20-17-,21-18-,28-25-,29-26-,30-27-,34-33-,39-35-,43-40-,48-45-. The molecule has 0 bridgehead atoms. The first kappa shape index (κ1) is 70.0. The second-order valence-electron chi connectivity index (χ2n) is 19.1. The molecule has 6 nitrogen and oxygen atoms in total. The summed E-state index contributed by atoms with van der Waals surface area (Å²) in [4.78, 5) is 38.3. The van der Waals surface area contributed by atoms with Crippen molar-refractivity contribution < 1.29 is 28.6 Å². The van der Waals surface area contributed by atoms with Crippen LogP contribution < -0.4 is 0 Å². The molecule has 0 N–H and O–H groups in total. The molecule has 0 aromatic rings. The summed E-state index contributed by atoms with van der Waals surface area (Å²) in [5, 5.41) is 0. The van der Waals surface area contributed by atoms with Crippen LogP contribution in [0.25, 0.3) is 0 Å². The van der Waals surface area contributed by atoms with Gasteiger partial charge in [-0.15, -0.1) is 0 Å². The van der Waals surface area contributed by atoms with Crippen LogP contribution >= 0.6 is 0 Å². The molecule has 0 heterocycles. The molecule has 0 saturated carbocycles. The predicted molar refractivity (Wildman–Crippen MR) is 325 cm³/mol. The third kappa shape index (κ3) is 59.8. The minimum atomic E-state index is -0.819. The fraction of sp³-hybridized carbons (Fsp3) is 0.580. The minimum absolute atomic E-state index is 0.111. The van der Waals surface area contributed by atoms with Crippen LogP contribution in [0.2, 0.25) is 0 Å². The van der Waals surface area contributed by atoms with Crippen LogP contribution in [0.5, 0.6) is 0 Å². The molecule has 0 spiro atoms. The molecule has 0 aromatic heterocycles.